The number of hydrogen-bond donors (Lipinski definition) is 1. The van der Waals surface area contributed by atoms with Crippen LogP contribution in [0.25, 0.3) is 0 Å². The van der Waals surface area contributed by atoms with E-state index < -0.39 is 5.97 Å². The normalized spacial score (nSPS) is 46.5. The van der Waals surface area contributed by atoms with E-state index in [1.807, 2.05) is 0 Å². The minimum atomic E-state index is -0.663. The maximum atomic E-state index is 11.9. The van der Waals surface area contributed by atoms with E-state index in [2.05, 4.69) is 0 Å². The Balaban J connectivity index is 2.00. The third-order valence-electron chi connectivity index (χ3n) is 5.30. The lowest BCUT2D eigenvalue weighted by Gasteiger charge is -2.57. The molecule has 1 N–H and O–H groups in total. The fourth-order valence-corrected chi connectivity index (χ4v) is 4.54. The SMILES string of the molecule is O=C1CC23CCCCC2CC1CC3C(=O)O. The van der Waals surface area contributed by atoms with Gasteiger partial charge in [-0.05, 0) is 37.0 Å². The lowest BCUT2D eigenvalue weighted by Crippen LogP contribution is -2.56. The summed E-state index contributed by atoms with van der Waals surface area (Å²) in [5, 5.41) is 9.37. The van der Waals surface area contributed by atoms with Crippen LogP contribution in [0.1, 0.15) is 44.9 Å². The van der Waals surface area contributed by atoms with Crippen LogP contribution < -0.4 is 0 Å². The van der Waals surface area contributed by atoms with E-state index >= 15 is 0 Å². The second-order valence-corrected chi connectivity index (χ2v) is 5.88. The Morgan fingerprint density at radius 2 is 2.12 bits per heavy atom. The number of ketones is 1. The molecule has 4 aliphatic rings. The summed E-state index contributed by atoms with van der Waals surface area (Å²) in [5.74, 6) is 0.0128. The molecule has 0 amide bonds. The van der Waals surface area contributed by atoms with E-state index in [1.165, 1.54) is 6.42 Å². The van der Waals surface area contributed by atoms with E-state index in [-0.39, 0.29) is 17.3 Å². The smallest absolute Gasteiger partial charge is 0.307 e. The molecule has 4 aliphatic carbocycles. The van der Waals surface area contributed by atoms with Crippen LogP contribution in [0.5, 0.6) is 0 Å². The Kier molecular flexibility index (Phi) is 2.13. The molecule has 4 atom stereocenters. The zero-order valence-corrected chi connectivity index (χ0v) is 9.45. The van der Waals surface area contributed by atoms with Crippen molar-refractivity contribution in [3.05, 3.63) is 0 Å². The second kappa shape index (κ2) is 3.31. The van der Waals surface area contributed by atoms with Gasteiger partial charge >= 0.3 is 5.97 Å². The van der Waals surface area contributed by atoms with Gasteiger partial charge in [-0.1, -0.05) is 12.8 Å². The minimum absolute atomic E-state index is 0.0612. The summed E-state index contributed by atoms with van der Waals surface area (Å²) in [6.45, 7) is 0. The zero-order chi connectivity index (χ0) is 11.3. The number of carbonyl (C=O) groups is 2. The predicted octanol–water partition coefficient (Wildman–Crippen LogP) is 2.25. The van der Waals surface area contributed by atoms with Crippen LogP contribution in [0.2, 0.25) is 0 Å². The molecule has 0 aromatic carbocycles. The molecular weight excluding hydrogens is 204 g/mol. The summed E-state index contributed by atoms with van der Waals surface area (Å²) in [6, 6.07) is 0. The lowest BCUT2D eigenvalue weighted by molar-refractivity contribution is -0.169. The summed E-state index contributed by atoms with van der Waals surface area (Å²) >= 11 is 0. The number of carboxylic acid groups (broad SMARTS) is 1. The van der Waals surface area contributed by atoms with Crippen molar-refractivity contribution in [3.63, 3.8) is 0 Å². The number of fused-ring (bicyclic) bond motifs is 2. The highest BCUT2D eigenvalue weighted by Gasteiger charge is 2.59. The molecule has 0 saturated heterocycles. The van der Waals surface area contributed by atoms with Crippen molar-refractivity contribution < 1.29 is 14.7 Å². The number of aliphatic carboxylic acids is 1. The van der Waals surface area contributed by atoms with Gasteiger partial charge < -0.3 is 5.11 Å². The summed E-state index contributed by atoms with van der Waals surface area (Å²) in [5.41, 5.74) is -0.157. The number of carbonyl (C=O) groups excluding carboxylic acids is 1. The van der Waals surface area contributed by atoms with Gasteiger partial charge in [0.1, 0.15) is 5.78 Å². The van der Waals surface area contributed by atoms with Gasteiger partial charge in [0.15, 0.2) is 0 Å². The molecule has 2 bridgehead atoms. The van der Waals surface area contributed by atoms with Crippen LogP contribution in [0.15, 0.2) is 0 Å². The fourth-order valence-electron chi connectivity index (χ4n) is 4.54. The molecule has 3 nitrogen and oxygen atoms in total. The lowest BCUT2D eigenvalue weighted by atomic mass is 9.46. The molecule has 4 saturated carbocycles. The first-order chi connectivity index (χ1) is 7.63. The highest BCUT2D eigenvalue weighted by atomic mass is 16.4. The first-order valence-corrected chi connectivity index (χ1v) is 6.39. The minimum Gasteiger partial charge on any atom is -0.481 e. The van der Waals surface area contributed by atoms with E-state index in [0.29, 0.717) is 24.5 Å². The highest BCUT2D eigenvalue weighted by Crippen LogP contribution is 2.61. The van der Waals surface area contributed by atoms with E-state index in [4.69, 9.17) is 0 Å². The van der Waals surface area contributed by atoms with Crippen molar-refractivity contribution in [2.75, 3.05) is 0 Å². The van der Waals surface area contributed by atoms with Gasteiger partial charge in [-0.3, -0.25) is 9.59 Å². The quantitative estimate of drug-likeness (QED) is 0.740. The van der Waals surface area contributed by atoms with Gasteiger partial charge in [-0.2, -0.15) is 0 Å². The average molecular weight is 222 g/mol. The summed E-state index contributed by atoms with van der Waals surface area (Å²) < 4.78 is 0. The molecule has 3 heteroatoms. The molecular formula is C13H18O3. The zero-order valence-electron chi connectivity index (χ0n) is 9.45. The van der Waals surface area contributed by atoms with Crippen LogP contribution in [0, 0.1) is 23.2 Å². The van der Waals surface area contributed by atoms with Crippen molar-refractivity contribution >= 4 is 11.8 Å². The van der Waals surface area contributed by atoms with Gasteiger partial charge in [-0.25, -0.2) is 0 Å². The van der Waals surface area contributed by atoms with Gasteiger partial charge in [-0.15, -0.1) is 0 Å². The molecule has 4 rings (SSSR count). The van der Waals surface area contributed by atoms with Gasteiger partial charge in [0, 0.05) is 12.3 Å². The van der Waals surface area contributed by atoms with E-state index in [1.54, 1.807) is 0 Å². The average Bonchev–Trinajstić information content (AvgIpc) is 2.26. The maximum Gasteiger partial charge on any atom is 0.307 e. The molecule has 16 heavy (non-hydrogen) atoms. The van der Waals surface area contributed by atoms with E-state index in [0.717, 1.165) is 25.7 Å². The van der Waals surface area contributed by atoms with Crippen LogP contribution in [0.4, 0.5) is 0 Å². The van der Waals surface area contributed by atoms with Crippen molar-refractivity contribution in [1.29, 1.82) is 0 Å². The van der Waals surface area contributed by atoms with E-state index in [9.17, 15) is 14.7 Å². The molecule has 0 aromatic rings. The third-order valence-corrected chi connectivity index (χ3v) is 5.30. The topological polar surface area (TPSA) is 54.4 Å². The molecule has 4 unspecified atom stereocenters. The van der Waals surface area contributed by atoms with Gasteiger partial charge in [0.05, 0.1) is 5.92 Å². The molecule has 0 radical (unpaired) electrons. The van der Waals surface area contributed by atoms with Crippen LogP contribution in [0.3, 0.4) is 0 Å². The Hall–Kier alpha value is -0.860. The van der Waals surface area contributed by atoms with Crippen LogP contribution in [-0.4, -0.2) is 16.9 Å². The number of carboxylic acids is 1. The predicted molar refractivity (Wildman–Crippen MR) is 57.9 cm³/mol. The Labute approximate surface area is 95.2 Å². The van der Waals surface area contributed by atoms with Gasteiger partial charge in [0.2, 0.25) is 0 Å². The van der Waals surface area contributed by atoms with Crippen molar-refractivity contribution in [1.82, 2.24) is 0 Å². The largest absolute Gasteiger partial charge is 0.481 e. The molecule has 0 aliphatic heterocycles. The number of hydrogen-bond acceptors (Lipinski definition) is 2. The monoisotopic (exact) mass is 222 g/mol. The molecule has 88 valence electrons. The fraction of sp³-hybridized carbons (Fsp3) is 0.846. The molecule has 1 spiro atoms. The van der Waals surface area contributed by atoms with Gasteiger partial charge in [0.25, 0.3) is 0 Å². The number of rotatable bonds is 1. The number of Topliss-reactive ketones (excluding diaryl/α,β-unsaturated/α-hetero) is 1. The summed E-state index contributed by atoms with van der Waals surface area (Å²) in [4.78, 5) is 23.3. The third kappa shape index (κ3) is 1.20. The van der Waals surface area contributed by atoms with Crippen molar-refractivity contribution in [2.24, 2.45) is 23.2 Å². The maximum absolute atomic E-state index is 11.9. The Morgan fingerprint density at radius 1 is 1.31 bits per heavy atom. The summed E-state index contributed by atoms with van der Waals surface area (Å²) in [6.07, 6.45) is 6.59. The van der Waals surface area contributed by atoms with Crippen LogP contribution in [-0.2, 0) is 9.59 Å². The Bertz CT molecular complexity index is 349. The first kappa shape index (κ1) is 10.3. The molecule has 0 aromatic heterocycles. The van der Waals surface area contributed by atoms with Crippen LogP contribution >= 0.6 is 0 Å². The highest BCUT2D eigenvalue weighted by molar-refractivity contribution is 5.87. The standard InChI is InChI=1S/C13H18O3/c14-11-7-13-4-2-1-3-9(13)5-8(11)6-10(13)12(15)16/h8-10H,1-7H2,(H,15,16). The first-order valence-electron chi connectivity index (χ1n) is 6.39. The molecule has 4 fully saturated rings. The Morgan fingerprint density at radius 3 is 2.88 bits per heavy atom. The second-order valence-electron chi connectivity index (χ2n) is 5.88. The van der Waals surface area contributed by atoms with Crippen molar-refractivity contribution in [2.45, 2.75) is 44.9 Å². The molecule has 0 heterocycles. The summed E-state index contributed by atoms with van der Waals surface area (Å²) in [7, 11) is 0. The van der Waals surface area contributed by atoms with Crippen molar-refractivity contribution in [3.8, 4) is 0 Å².